The van der Waals surface area contributed by atoms with E-state index in [-0.39, 0.29) is 0 Å². The molecule has 0 atom stereocenters. The summed E-state index contributed by atoms with van der Waals surface area (Å²) < 4.78 is 34.7. The van der Waals surface area contributed by atoms with Crippen LogP contribution in [0.5, 0.6) is 0 Å². The van der Waals surface area contributed by atoms with Gasteiger partial charge in [-0.15, -0.1) is 0 Å². The molecule has 0 N–H and O–H groups in total. The van der Waals surface area contributed by atoms with E-state index in [1.165, 1.54) is 0 Å². The molecule has 0 amide bonds. The first-order valence-electron chi connectivity index (χ1n) is 8.78. The predicted molar refractivity (Wildman–Crippen MR) is 99.5 cm³/mol. The molecule has 0 heterocycles. The molecule has 0 fully saturated rings. The van der Waals surface area contributed by atoms with Crippen LogP contribution >= 0.6 is 0 Å². The van der Waals surface area contributed by atoms with Gasteiger partial charge in [-0.1, -0.05) is 12.2 Å². The summed E-state index contributed by atoms with van der Waals surface area (Å²) in [4.78, 5) is 0. The maximum Gasteiger partial charge on any atom is 0.529 e. The first-order valence-corrected chi connectivity index (χ1v) is 12.4. The lowest BCUT2D eigenvalue weighted by Gasteiger charge is -2.25. The SMILES string of the molecule is CCO[Si](C=CC=C[Si](OCC)(OCC)OCC)(OCC)OCC. The summed E-state index contributed by atoms with van der Waals surface area (Å²) in [5, 5.41) is 0. The van der Waals surface area contributed by atoms with Crippen LogP contribution in [0.15, 0.2) is 23.6 Å². The van der Waals surface area contributed by atoms with Crippen LogP contribution in [-0.2, 0) is 26.6 Å². The Morgan fingerprint density at radius 1 is 0.458 bits per heavy atom. The van der Waals surface area contributed by atoms with E-state index in [0.717, 1.165) is 0 Å². The van der Waals surface area contributed by atoms with Crippen LogP contribution in [0.4, 0.5) is 0 Å². The summed E-state index contributed by atoms with van der Waals surface area (Å²) in [5.74, 6) is 0. The maximum absolute atomic E-state index is 5.78. The van der Waals surface area contributed by atoms with Crippen LogP contribution in [0.2, 0.25) is 0 Å². The van der Waals surface area contributed by atoms with Crippen LogP contribution in [0.3, 0.4) is 0 Å². The van der Waals surface area contributed by atoms with E-state index in [4.69, 9.17) is 26.6 Å². The third kappa shape index (κ3) is 8.68. The minimum absolute atomic E-state index is 0.538. The van der Waals surface area contributed by atoms with Gasteiger partial charge in [0.05, 0.1) is 0 Å². The van der Waals surface area contributed by atoms with Crippen molar-refractivity contribution in [1.29, 1.82) is 0 Å². The molecule has 0 rings (SSSR count). The largest absolute Gasteiger partial charge is 0.529 e. The van der Waals surface area contributed by atoms with E-state index in [1.807, 2.05) is 65.1 Å². The van der Waals surface area contributed by atoms with Crippen LogP contribution in [0.25, 0.3) is 0 Å². The summed E-state index contributed by atoms with van der Waals surface area (Å²) in [6.45, 7) is 14.8. The Hall–Kier alpha value is -0.326. The van der Waals surface area contributed by atoms with Crippen LogP contribution < -0.4 is 0 Å². The van der Waals surface area contributed by atoms with Gasteiger partial charge in [-0.3, -0.25) is 0 Å². The van der Waals surface area contributed by atoms with Gasteiger partial charge in [0.1, 0.15) is 0 Å². The Labute approximate surface area is 149 Å². The summed E-state index contributed by atoms with van der Waals surface area (Å²) in [7, 11) is -5.57. The van der Waals surface area contributed by atoms with E-state index >= 15 is 0 Å². The van der Waals surface area contributed by atoms with E-state index < -0.39 is 17.6 Å². The van der Waals surface area contributed by atoms with Crippen LogP contribution in [-0.4, -0.2) is 57.3 Å². The molecule has 0 spiro atoms. The topological polar surface area (TPSA) is 55.4 Å². The zero-order valence-electron chi connectivity index (χ0n) is 16.0. The third-order valence-corrected chi connectivity index (χ3v) is 8.13. The highest BCUT2D eigenvalue weighted by molar-refractivity contribution is 6.67. The monoisotopic (exact) mass is 378 g/mol. The average molecular weight is 379 g/mol. The molecule has 142 valence electrons. The van der Waals surface area contributed by atoms with Gasteiger partial charge in [0.25, 0.3) is 0 Å². The standard InChI is InChI=1S/C16H34O6Si2/c1-7-17-23(18-8-2,19-9-3)15-13-14-16-24(20-10-4,21-11-5)22-12-6/h13-16H,7-12H2,1-6H3. The number of hydrogen-bond acceptors (Lipinski definition) is 6. The second-order valence-corrected chi connectivity index (χ2v) is 9.34. The molecule has 0 aliphatic carbocycles. The Morgan fingerprint density at radius 3 is 0.833 bits per heavy atom. The molecule has 0 saturated carbocycles. The van der Waals surface area contributed by atoms with Gasteiger partial charge in [-0.2, -0.15) is 0 Å². The Bertz CT molecular complexity index is 294. The fraction of sp³-hybridized carbons (Fsp3) is 0.750. The smallest absolute Gasteiger partial charge is 0.371 e. The lowest BCUT2D eigenvalue weighted by atomic mass is 10.6. The molecule has 0 aromatic carbocycles. The lowest BCUT2D eigenvalue weighted by molar-refractivity contribution is 0.0831. The van der Waals surface area contributed by atoms with Crippen molar-refractivity contribution in [2.24, 2.45) is 0 Å². The average Bonchev–Trinajstić information content (AvgIpc) is 2.53. The molecule has 24 heavy (non-hydrogen) atoms. The molecule has 6 nitrogen and oxygen atoms in total. The zero-order valence-corrected chi connectivity index (χ0v) is 18.0. The maximum atomic E-state index is 5.78. The van der Waals surface area contributed by atoms with Crippen molar-refractivity contribution < 1.29 is 26.6 Å². The Morgan fingerprint density at radius 2 is 0.667 bits per heavy atom. The second-order valence-electron chi connectivity index (χ2n) is 4.52. The summed E-state index contributed by atoms with van der Waals surface area (Å²) in [6, 6.07) is 0. The first kappa shape index (κ1) is 23.7. The van der Waals surface area contributed by atoms with E-state index in [0.29, 0.717) is 39.6 Å². The quantitative estimate of drug-likeness (QED) is 0.322. The summed E-state index contributed by atoms with van der Waals surface area (Å²) >= 11 is 0. The molecular weight excluding hydrogens is 344 g/mol. The summed E-state index contributed by atoms with van der Waals surface area (Å²) in [5.41, 5.74) is 3.76. The van der Waals surface area contributed by atoms with Gasteiger partial charge in [-0.25, -0.2) is 0 Å². The van der Waals surface area contributed by atoms with Crippen molar-refractivity contribution in [3.8, 4) is 0 Å². The number of rotatable bonds is 15. The molecule has 0 saturated heterocycles. The minimum Gasteiger partial charge on any atom is -0.371 e. The van der Waals surface area contributed by atoms with Crippen LogP contribution in [0.1, 0.15) is 41.5 Å². The number of hydrogen-bond donors (Lipinski definition) is 0. The molecule has 0 aromatic rings. The summed E-state index contributed by atoms with van der Waals surface area (Å²) in [6.07, 6.45) is 3.73. The lowest BCUT2D eigenvalue weighted by Crippen LogP contribution is -2.45. The van der Waals surface area contributed by atoms with Crippen molar-refractivity contribution in [1.82, 2.24) is 0 Å². The highest BCUT2D eigenvalue weighted by atomic mass is 28.4. The Balaban J connectivity index is 5.20. The normalized spacial score (nSPS) is 13.4. The molecule has 8 heteroatoms. The van der Waals surface area contributed by atoms with Gasteiger partial charge in [0.15, 0.2) is 0 Å². The highest BCUT2D eigenvalue weighted by Gasteiger charge is 2.38. The van der Waals surface area contributed by atoms with Crippen molar-refractivity contribution in [2.75, 3.05) is 39.6 Å². The van der Waals surface area contributed by atoms with Crippen molar-refractivity contribution in [3.05, 3.63) is 23.6 Å². The Kier molecular flexibility index (Phi) is 13.7. The van der Waals surface area contributed by atoms with E-state index in [9.17, 15) is 0 Å². The molecule has 0 unspecified atom stereocenters. The van der Waals surface area contributed by atoms with Crippen LogP contribution in [0, 0.1) is 0 Å². The molecule has 0 aliphatic rings. The minimum atomic E-state index is -2.79. The molecule has 0 aromatic heterocycles. The fourth-order valence-electron chi connectivity index (χ4n) is 2.09. The molecular formula is C16H34O6Si2. The van der Waals surface area contributed by atoms with Gasteiger partial charge >= 0.3 is 17.6 Å². The van der Waals surface area contributed by atoms with Crippen molar-refractivity contribution >= 4 is 17.6 Å². The number of allylic oxidation sites excluding steroid dienone is 2. The fourth-order valence-corrected chi connectivity index (χ4v) is 6.28. The first-order chi connectivity index (χ1) is 11.6. The highest BCUT2D eigenvalue weighted by Crippen LogP contribution is 2.14. The van der Waals surface area contributed by atoms with Gasteiger partial charge in [0, 0.05) is 39.6 Å². The second kappa shape index (κ2) is 13.9. The predicted octanol–water partition coefficient (Wildman–Crippen LogP) is 3.27. The van der Waals surface area contributed by atoms with Crippen molar-refractivity contribution in [3.63, 3.8) is 0 Å². The zero-order chi connectivity index (χ0) is 18.3. The molecule has 0 aliphatic heterocycles. The van der Waals surface area contributed by atoms with E-state index in [1.54, 1.807) is 0 Å². The van der Waals surface area contributed by atoms with Gasteiger partial charge in [-0.05, 0) is 52.9 Å². The molecule has 0 radical (unpaired) electrons. The molecule has 0 bridgehead atoms. The van der Waals surface area contributed by atoms with E-state index in [2.05, 4.69) is 0 Å². The van der Waals surface area contributed by atoms with Crippen molar-refractivity contribution in [2.45, 2.75) is 41.5 Å². The van der Waals surface area contributed by atoms with Gasteiger partial charge < -0.3 is 26.6 Å². The van der Waals surface area contributed by atoms with Gasteiger partial charge in [0.2, 0.25) is 0 Å². The third-order valence-electron chi connectivity index (χ3n) is 2.78.